The quantitative estimate of drug-likeness (QED) is 0.872. The maximum Gasteiger partial charge on any atom is 0.323 e. The summed E-state index contributed by atoms with van der Waals surface area (Å²) in [5.41, 5.74) is 2.49. The predicted octanol–water partition coefficient (Wildman–Crippen LogP) is 2.49. The molecule has 4 heteroatoms. The van der Waals surface area contributed by atoms with E-state index in [1.807, 2.05) is 0 Å². The maximum absolute atomic E-state index is 11.0. The van der Waals surface area contributed by atoms with Crippen LogP contribution in [0.15, 0.2) is 24.3 Å². The van der Waals surface area contributed by atoms with Crippen LogP contribution in [0.2, 0.25) is 0 Å². The van der Waals surface area contributed by atoms with Gasteiger partial charge in [-0.3, -0.25) is 10.1 Å². The molecule has 1 aliphatic rings. The summed E-state index contributed by atoms with van der Waals surface area (Å²) in [4.78, 5) is 11.0. The molecule has 0 radical (unpaired) electrons. The zero-order valence-electron chi connectivity index (χ0n) is 12.5. The number of ether oxygens (including phenoxy) is 1. The van der Waals surface area contributed by atoms with Crippen LogP contribution in [0.3, 0.4) is 0 Å². The van der Waals surface area contributed by atoms with Gasteiger partial charge in [-0.15, -0.1) is 0 Å². The molecule has 0 saturated carbocycles. The lowest BCUT2D eigenvalue weighted by Crippen LogP contribution is -2.52. The SMILES string of the molecule is CC1OC(c2ccc(C(C)(C)C)cc2)CNC1C(=O)O. The van der Waals surface area contributed by atoms with E-state index in [2.05, 4.69) is 50.4 Å². The van der Waals surface area contributed by atoms with Gasteiger partial charge in [0.1, 0.15) is 6.04 Å². The molecule has 1 heterocycles. The second kappa shape index (κ2) is 5.54. The largest absolute Gasteiger partial charge is 0.480 e. The number of carbonyl (C=O) groups is 1. The fourth-order valence-electron chi connectivity index (χ4n) is 2.47. The first-order chi connectivity index (χ1) is 9.29. The minimum atomic E-state index is -0.862. The molecule has 0 spiro atoms. The molecule has 1 fully saturated rings. The molecule has 4 nitrogen and oxygen atoms in total. The lowest BCUT2D eigenvalue weighted by molar-refractivity contribution is -0.149. The van der Waals surface area contributed by atoms with E-state index in [0.717, 1.165) is 5.56 Å². The molecule has 20 heavy (non-hydrogen) atoms. The number of carboxylic acids is 1. The molecule has 0 bridgehead atoms. The van der Waals surface area contributed by atoms with Gasteiger partial charge in [0.25, 0.3) is 0 Å². The maximum atomic E-state index is 11.0. The van der Waals surface area contributed by atoms with Crippen molar-refractivity contribution in [3.8, 4) is 0 Å². The van der Waals surface area contributed by atoms with Crippen LogP contribution >= 0.6 is 0 Å². The van der Waals surface area contributed by atoms with Gasteiger partial charge in [-0.25, -0.2) is 0 Å². The Bertz CT molecular complexity index is 475. The number of aliphatic carboxylic acids is 1. The molecule has 1 aromatic carbocycles. The van der Waals surface area contributed by atoms with Crippen molar-refractivity contribution in [2.45, 2.75) is 51.4 Å². The molecule has 1 saturated heterocycles. The Balaban J connectivity index is 2.08. The van der Waals surface area contributed by atoms with Crippen LogP contribution in [0.4, 0.5) is 0 Å². The number of carboxylic acid groups (broad SMARTS) is 1. The third-order valence-corrected chi connectivity index (χ3v) is 3.79. The van der Waals surface area contributed by atoms with Crippen LogP contribution in [0.25, 0.3) is 0 Å². The van der Waals surface area contributed by atoms with Crippen molar-refractivity contribution in [1.82, 2.24) is 5.32 Å². The highest BCUT2D eigenvalue weighted by Crippen LogP contribution is 2.27. The summed E-state index contributed by atoms with van der Waals surface area (Å²) in [5, 5.41) is 12.1. The van der Waals surface area contributed by atoms with Crippen molar-refractivity contribution in [1.29, 1.82) is 0 Å². The highest BCUT2D eigenvalue weighted by Gasteiger charge is 2.33. The zero-order chi connectivity index (χ0) is 14.9. The van der Waals surface area contributed by atoms with Gasteiger partial charge in [-0.1, -0.05) is 45.0 Å². The standard InChI is InChI=1S/C16H23NO3/c1-10-14(15(18)19)17-9-13(20-10)11-5-7-12(8-6-11)16(2,3)4/h5-8,10,13-14,17H,9H2,1-4H3,(H,18,19). The van der Waals surface area contributed by atoms with Crippen LogP contribution in [0.1, 0.15) is 44.9 Å². The van der Waals surface area contributed by atoms with Gasteiger partial charge in [-0.2, -0.15) is 0 Å². The van der Waals surface area contributed by atoms with Crippen LogP contribution in [0, 0.1) is 0 Å². The summed E-state index contributed by atoms with van der Waals surface area (Å²) in [6, 6.07) is 7.75. The van der Waals surface area contributed by atoms with E-state index in [9.17, 15) is 4.79 Å². The van der Waals surface area contributed by atoms with Gasteiger partial charge in [0.2, 0.25) is 0 Å². The monoisotopic (exact) mass is 277 g/mol. The van der Waals surface area contributed by atoms with Gasteiger partial charge in [-0.05, 0) is 23.5 Å². The summed E-state index contributed by atoms with van der Waals surface area (Å²) in [6.07, 6.45) is -0.428. The van der Waals surface area contributed by atoms with Gasteiger partial charge in [0.05, 0.1) is 12.2 Å². The molecular weight excluding hydrogens is 254 g/mol. The molecule has 0 aliphatic carbocycles. The summed E-state index contributed by atoms with van der Waals surface area (Å²) >= 11 is 0. The number of hydrogen-bond acceptors (Lipinski definition) is 3. The Morgan fingerprint density at radius 2 is 1.90 bits per heavy atom. The Kier molecular flexibility index (Phi) is 4.16. The fraction of sp³-hybridized carbons (Fsp3) is 0.562. The van der Waals surface area contributed by atoms with Gasteiger partial charge < -0.3 is 9.84 Å². The van der Waals surface area contributed by atoms with Crippen molar-refractivity contribution in [2.24, 2.45) is 0 Å². The Morgan fingerprint density at radius 3 is 2.35 bits per heavy atom. The van der Waals surface area contributed by atoms with E-state index in [0.29, 0.717) is 6.54 Å². The fourth-order valence-corrected chi connectivity index (χ4v) is 2.47. The molecule has 110 valence electrons. The van der Waals surface area contributed by atoms with Crippen molar-refractivity contribution in [2.75, 3.05) is 6.54 Å². The molecule has 2 rings (SSSR count). The molecule has 3 unspecified atom stereocenters. The van der Waals surface area contributed by atoms with Gasteiger partial charge in [0, 0.05) is 6.54 Å². The first kappa shape index (κ1) is 15.0. The lowest BCUT2D eigenvalue weighted by Gasteiger charge is -2.34. The smallest absolute Gasteiger partial charge is 0.323 e. The summed E-state index contributed by atoms with van der Waals surface area (Å²) < 4.78 is 5.83. The zero-order valence-corrected chi connectivity index (χ0v) is 12.5. The average molecular weight is 277 g/mol. The average Bonchev–Trinajstić information content (AvgIpc) is 2.37. The summed E-state index contributed by atoms with van der Waals surface area (Å²) in [6.45, 7) is 8.86. The molecule has 3 atom stereocenters. The van der Waals surface area contributed by atoms with E-state index in [1.165, 1.54) is 5.56 Å². The minimum absolute atomic E-state index is 0.0883. The molecule has 1 aliphatic heterocycles. The van der Waals surface area contributed by atoms with E-state index < -0.39 is 12.0 Å². The molecular formula is C16H23NO3. The van der Waals surface area contributed by atoms with E-state index in [-0.39, 0.29) is 17.6 Å². The molecule has 0 aromatic heterocycles. The molecule has 0 amide bonds. The minimum Gasteiger partial charge on any atom is -0.480 e. The molecule has 2 N–H and O–H groups in total. The van der Waals surface area contributed by atoms with Crippen molar-refractivity contribution < 1.29 is 14.6 Å². The summed E-state index contributed by atoms with van der Waals surface area (Å²) in [7, 11) is 0. The Hall–Kier alpha value is -1.39. The normalized spacial score (nSPS) is 27.3. The van der Waals surface area contributed by atoms with Crippen LogP contribution in [0.5, 0.6) is 0 Å². The van der Waals surface area contributed by atoms with E-state index >= 15 is 0 Å². The van der Waals surface area contributed by atoms with Crippen molar-refractivity contribution >= 4 is 5.97 Å². The number of nitrogens with one attached hydrogen (secondary N) is 1. The van der Waals surface area contributed by atoms with E-state index in [1.54, 1.807) is 6.92 Å². The van der Waals surface area contributed by atoms with E-state index in [4.69, 9.17) is 9.84 Å². The van der Waals surface area contributed by atoms with Gasteiger partial charge >= 0.3 is 5.97 Å². The highest BCUT2D eigenvalue weighted by molar-refractivity contribution is 5.74. The first-order valence-corrected chi connectivity index (χ1v) is 7.01. The number of rotatable bonds is 2. The third-order valence-electron chi connectivity index (χ3n) is 3.79. The Morgan fingerprint density at radius 1 is 1.30 bits per heavy atom. The lowest BCUT2D eigenvalue weighted by atomic mass is 9.86. The second-order valence-electron chi connectivity index (χ2n) is 6.43. The van der Waals surface area contributed by atoms with Crippen molar-refractivity contribution in [3.63, 3.8) is 0 Å². The second-order valence-corrected chi connectivity index (χ2v) is 6.43. The predicted molar refractivity (Wildman–Crippen MR) is 77.9 cm³/mol. The highest BCUT2D eigenvalue weighted by atomic mass is 16.5. The molecule has 1 aromatic rings. The number of morpholine rings is 1. The summed E-state index contributed by atoms with van der Waals surface area (Å²) in [5.74, 6) is -0.862. The Labute approximate surface area is 120 Å². The van der Waals surface area contributed by atoms with Crippen LogP contribution in [-0.4, -0.2) is 29.8 Å². The van der Waals surface area contributed by atoms with Crippen LogP contribution in [-0.2, 0) is 14.9 Å². The number of benzene rings is 1. The number of hydrogen-bond donors (Lipinski definition) is 2. The topological polar surface area (TPSA) is 58.6 Å². The first-order valence-electron chi connectivity index (χ1n) is 7.01. The van der Waals surface area contributed by atoms with Gasteiger partial charge in [0.15, 0.2) is 0 Å². The third kappa shape index (κ3) is 3.19. The van der Waals surface area contributed by atoms with Crippen molar-refractivity contribution in [3.05, 3.63) is 35.4 Å². The van der Waals surface area contributed by atoms with Crippen LogP contribution < -0.4 is 5.32 Å².